The summed E-state index contributed by atoms with van der Waals surface area (Å²) >= 11 is 0. The number of furan rings is 1. The minimum absolute atomic E-state index is 0.339. The van der Waals surface area contributed by atoms with Crippen LogP contribution < -0.4 is 0 Å². The molecule has 3 aromatic rings. The van der Waals surface area contributed by atoms with Crippen molar-refractivity contribution in [3.8, 4) is 17.0 Å². The lowest BCUT2D eigenvalue weighted by atomic mass is 10.1. The number of carbonyl (C=O) groups is 1. The molecule has 0 radical (unpaired) electrons. The lowest BCUT2D eigenvalue weighted by Gasteiger charge is -2.10. The third kappa shape index (κ3) is 2.52. The topological polar surface area (TPSA) is 48.0 Å². The van der Waals surface area contributed by atoms with Crippen molar-refractivity contribution in [2.24, 2.45) is 0 Å². The molecule has 0 unspecified atom stereocenters. The van der Waals surface area contributed by atoms with Gasteiger partial charge in [-0.2, -0.15) is 0 Å². The van der Waals surface area contributed by atoms with Gasteiger partial charge >= 0.3 is 0 Å². The summed E-state index contributed by atoms with van der Waals surface area (Å²) in [5, 5.41) is 0. The summed E-state index contributed by atoms with van der Waals surface area (Å²) in [5.41, 5.74) is 2.00. The molecule has 0 saturated carbocycles. The Balaban J connectivity index is 1.93. The first kappa shape index (κ1) is 13.4. The van der Waals surface area contributed by atoms with E-state index in [4.69, 9.17) is 4.42 Å². The van der Waals surface area contributed by atoms with Crippen molar-refractivity contribution >= 4 is 6.29 Å². The summed E-state index contributed by atoms with van der Waals surface area (Å²) in [4.78, 5) is 15.1. The first-order valence-corrected chi connectivity index (χ1v) is 6.88. The van der Waals surface area contributed by atoms with Crippen molar-refractivity contribution in [1.82, 2.24) is 9.55 Å². The van der Waals surface area contributed by atoms with Gasteiger partial charge in [-0.1, -0.05) is 13.8 Å². The van der Waals surface area contributed by atoms with Gasteiger partial charge in [0.1, 0.15) is 11.6 Å². The molecule has 0 bridgehead atoms. The number of imidazole rings is 1. The zero-order valence-electron chi connectivity index (χ0n) is 12.0. The van der Waals surface area contributed by atoms with Crippen LogP contribution in [0.4, 0.5) is 0 Å². The zero-order valence-corrected chi connectivity index (χ0v) is 12.0. The lowest BCUT2D eigenvalue weighted by Crippen LogP contribution is -2.01. The number of hydrogen-bond donors (Lipinski definition) is 0. The molecule has 0 atom stereocenters. The predicted molar refractivity (Wildman–Crippen MR) is 80.7 cm³/mol. The molecule has 3 rings (SSSR count). The molecule has 4 nitrogen and oxygen atoms in total. The number of nitrogens with zero attached hydrogens (tertiary/aromatic N) is 2. The van der Waals surface area contributed by atoms with E-state index in [1.165, 1.54) is 0 Å². The third-order valence-electron chi connectivity index (χ3n) is 3.36. The molecule has 0 amide bonds. The minimum atomic E-state index is 0.339. The fourth-order valence-electron chi connectivity index (χ4n) is 2.32. The summed E-state index contributed by atoms with van der Waals surface area (Å²) < 4.78 is 7.50. The van der Waals surface area contributed by atoms with E-state index in [1.54, 1.807) is 12.1 Å². The average molecular weight is 280 g/mol. The van der Waals surface area contributed by atoms with Gasteiger partial charge < -0.3 is 8.98 Å². The van der Waals surface area contributed by atoms with Gasteiger partial charge in [-0.15, -0.1) is 0 Å². The smallest absolute Gasteiger partial charge is 0.185 e. The van der Waals surface area contributed by atoms with Gasteiger partial charge in [-0.05, 0) is 36.4 Å². The number of aldehydes is 1. The van der Waals surface area contributed by atoms with Crippen LogP contribution in [0.2, 0.25) is 0 Å². The van der Waals surface area contributed by atoms with E-state index >= 15 is 0 Å². The van der Waals surface area contributed by atoms with E-state index in [9.17, 15) is 4.79 Å². The van der Waals surface area contributed by atoms with Gasteiger partial charge in [0.05, 0.1) is 0 Å². The minimum Gasteiger partial charge on any atom is -0.453 e. The summed E-state index contributed by atoms with van der Waals surface area (Å²) in [6, 6.07) is 11.5. The zero-order chi connectivity index (χ0) is 14.8. The van der Waals surface area contributed by atoms with E-state index in [-0.39, 0.29) is 0 Å². The molecule has 21 heavy (non-hydrogen) atoms. The Labute approximate surface area is 123 Å². The molecule has 0 spiro atoms. The van der Waals surface area contributed by atoms with Crippen LogP contribution in [-0.2, 0) is 0 Å². The van der Waals surface area contributed by atoms with E-state index < -0.39 is 0 Å². The van der Waals surface area contributed by atoms with Crippen molar-refractivity contribution in [3.05, 3.63) is 60.4 Å². The van der Waals surface area contributed by atoms with Crippen molar-refractivity contribution in [3.63, 3.8) is 0 Å². The van der Waals surface area contributed by atoms with Gasteiger partial charge in [0.25, 0.3) is 0 Å². The fourth-order valence-corrected chi connectivity index (χ4v) is 2.32. The van der Waals surface area contributed by atoms with Gasteiger partial charge in [0.2, 0.25) is 0 Å². The molecule has 2 aromatic heterocycles. The highest BCUT2D eigenvalue weighted by Crippen LogP contribution is 2.24. The van der Waals surface area contributed by atoms with Crippen LogP contribution in [0.25, 0.3) is 17.0 Å². The number of hydrogen-bond acceptors (Lipinski definition) is 3. The maximum Gasteiger partial charge on any atom is 0.185 e. The fraction of sp³-hybridized carbons (Fsp3) is 0.176. The second-order valence-corrected chi connectivity index (χ2v) is 5.18. The van der Waals surface area contributed by atoms with Crippen molar-refractivity contribution < 1.29 is 9.21 Å². The van der Waals surface area contributed by atoms with Crippen molar-refractivity contribution in [1.29, 1.82) is 0 Å². The van der Waals surface area contributed by atoms with Crippen molar-refractivity contribution in [2.45, 2.75) is 19.8 Å². The molecule has 2 heterocycles. The standard InChI is InChI=1S/C17H16N2O2/c1-12(2)17-18-9-10-19(17)14-5-3-13(4-6-14)16-8-7-15(11-20)21-16/h3-12H,1-2H3. The van der Waals surface area contributed by atoms with E-state index in [1.807, 2.05) is 36.7 Å². The highest BCUT2D eigenvalue weighted by atomic mass is 16.3. The lowest BCUT2D eigenvalue weighted by molar-refractivity contribution is 0.110. The first-order chi connectivity index (χ1) is 10.2. The molecule has 0 fully saturated rings. The Morgan fingerprint density at radius 3 is 2.52 bits per heavy atom. The SMILES string of the molecule is CC(C)c1nccn1-c1ccc(-c2ccc(C=O)o2)cc1. The summed E-state index contributed by atoms with van der Waals surface area (Å²) in [7, 11) is 0. The molecule has 0 N–H and O–H groups in total. The second-order valence-electron chi connectivity index (χ2n) is 5.18. The van der Waals surface area contributed by atoms with E-state index in [0.717, 1.165) is 17.1 Å². The number of rotatable bonds is 4. The van der Waals surface area contributed by atoms with Gasteiger partial charge in [-0.3, -0.25) is 4.79 Å². The van der Waals surface area contributed by atoms with Gasteiger partial charge in [0.15, 0.2) is 12.0 Å². The van der Waals surface area contributed by atoms with Crippen LogP contribution in [0.15, 0.2) is 53.2 Å². The summed E-state index contributed by atoms with van der Waals surface area (Å²) in [6.07, 6.45) is 4.48. The number of carbonyl (C=O) groups excluding carboxylic acids is 1. The number of aromatic nitrogens is 2. The average Bonchev–Trinajstić information content (AvgIpc) is 3.16. The van der Waals surface area contributed by atoms with E-state index in [2.05, 4.69) is 23.4 Å². The molecule has 106 valence electrons. The highest BCUT2D eigenvalue weighted by molar-refractivity contribution is 5.72. The Hall–Kier alpha value is -2.62. The molecular formula is C17H16N2O2. The number of benzene rings is 1. The Morgan fingerprint density at radius 2 is 1.90 bits per heavy atom. The van der Waals surface area contributed by atoms with Crippen LogP contribution >= 0.6 is 0 Å². The summed E-state index contributed by atoms with van der Waals surface area (Å²) in [5.74, 6) is 2.42. The van der Waals surface area contributed by atoms with Crippen LogP contribution in [0.5, 0.6) is 0 Å². The normalized spacial score (nSPS) is 11.0. The first-order valence-electron chi connectivity index (χ1n) is 6.88. The van der Waals surface area contributed by atoms with Crippen LogP contribution in [0, 0.1) is 0 Å². The quantitative estimate of drug-likeness (QED) is 0.677. The van der Waals surface area contributed by atoms with Gasteiger partial charge in [0, 0.05) is 29.6 Å². The molecule has 1 aromatic carbocycles. The van der Waals surface area contributed by atoms with Crippen LogP contribution in [-0.4, -0.2) is 15.8 Å². The molecular weight excluding hydrogens is 264 g/mol. The molecule has 0 aliphatic heterocycles. The molecule has 0 aliphatic carbocycles. The second kappa shape index (κ2) is 5.40. The largest absolute Gasteiger partial charge is 0.453 e. The maximum atomic E-state index is 10.7. The highest BCUT2D eigenvalue weighted by Gasteiger charge is 2.09. The monoisotopic (exact) mass is 280 g/mol. The Bertz CT molecular complexity index is 751. The Morgan fingerprint density at radius 1 is 1.14 bits per heavy atom. The maximum absolute atomic E-state index is 10.7. The van der Waals surface area contributed by atoms with Crippen LogP contribution in [0.1, 0.15) is 36.1 Å². The molecule has 0 aliphatic rings. The third-order valence-corrected chi connectivity index (χ3v) is 3.36. The Kier molecular flexibility index (Phi) is 3.44. The predicted octanol–water partition coefficient (Wildman–Crippen LogP) is 4.07. The van der Waals surface area contributed by atoms with E-state index in [0.29, 0.717) is 23.7 Å². The molecule has 4 heteroatoms. The summed E-state index contributed by atoms with van der Waals surface area (Å²) in [6.45, 7) is 4.24. The van der Waals surface area contributed by atoms with Crippen molar-refractivity contribution in [2.75, 3.05) is 0 Å². The van der Waals surface area contributed by atoms with Crippen LogP contribution in [0.3, 0.4) is 0 Å². The van der Waals surface area contributed by atoms with Gasteiger partial charge in [-0.25, -0.2) is 4.98 Å². The molecule has 0 saturated heterocycles.